The second kappa shape index (κ2) is 3.61. The first kappa shape index (κ1) is 8.62. The van der Waals surface area contributed by atoms with Gasteiger partial charge < -0.3 is 5.32 Å². The molecule has 1 aliphatic rings. The molecule has 48 valence electrons. The van der Waals surface area contributed by atoms with Crippen molar-refractivity contribution in [3.05, 3.63) is 11.1 Å². The van der Waals surface area contributed by atoms with Crippen LogP contribution in [0.4, 0.5) is 0 Å². The molecule has 0 saturated carbocycles. The Labute approximate surface area is 71.3 Å². The van der Waals surface area contributed by atoms with E-state index in [9.17, 15) is 0 Å². The van der Waals surface area contributed by atoms with Gasteiger partial charge in [0, 0.05) is 6.20 Å². The largest absolute Gasteiger partial charge is 0.379 e. The fourth-order valence-electron chi connectivity index (χ4n) is 0.582. The highest BCUT2D eigenvalue weighted by atomic mass is 127. The average molecular weight is 243 g/mol. The highest BCUT2D eigenvalue weighted by Gasteiger charge is 2.05. The number of halogens is 1. The van der Waals surface area contributed by atoms with Gasteiger partial charge in [-0.25, -0.2) is 0 Å². The Morgan fingerprint density at radius 3 is 2.50 bits per heavy atom. The topological polar surface area (TPSA) is 12.0 Å². The minimum Gasteiger partial charge on any atom is -0.379 e. The summed E-state index contributed by atoms with van der Waals surface area (Å²) in [7, 11) is 0. The fraction of sp³-hybridized carbons (Fsp3) is 0.600. The highest BCUT2D eigenvalue weighted by Crippen LogP contribution is 2.23. The maximum absolute atomic E-state index is 3.17. The van der Waals surface area contributed by atoms with Crippen LogP contribution in [0.3, 0.4) is 0 Å². The molecule has 0 fully saturated rings. The molecule has 0 saturated heterocycles. The van der Waals surface area contributed by atoms with Crippen LogP contribution in [0.25, 0.3) is 0 Å². The lowest BCUT2D eigenvalue weighted by atomic mass is 10.6. The predicted molar refractivity (Wildman–Crippen MR) is 49.4 cm³/mol. The molecule has 0 bridgehead atoms. The number of thioether (sulfide) groups is 1. The van der Waals surface area contributed by atoms with Crippen LogP contribution in [0.2, 0.25) is 0 Å². The van der Waals surface area contributed by atoms with E-state index in [1.54, 1.807) is 0 Å². The molecular formula is C5H10INS. The first-order valence-corrected chi connectivity index (χ1v) is 3.26. The van der Waals surface area contributed by atoms with Gasteiger partial charge in [0.25, 0.3) is 0 Å². The second-order valence-corrected chi connectivity index (χ2v) is 3.27. The quantitative estimate of drug-likeness (QED) is 0.654. The van der Waals surface area contributed by atoms with Crippen LogP contribution in [-0.2, 0) is 0 Å². The van der Waals surface area contributed by atoms with Crippen molar-refractivity contribution in [3.8, 4) is 0 Å². The van der Waals surface area contributed by atoms with Gasteiger partial charge in [-0.15, -0.1) is 35.7 Å². The number of hydrogen-bond acceptors (Lipinski definition) is 2. The van der Waals surface area contributed by atoms with E-state index >= 15 is 0 Å². The third-order valence-electron chi connectivity index (χ3n) is 0.884. The van der Waals surface area contributed by atoms with Crippen LogP contribution >= 0.6 is 35.7 Å². The number of nitrogens with one attached hydrogen (secondary N) is 1. The first-order valence-electron chi connectivity index (χ1n) is 2.38. The molecule has 1 unspecified atom stereocenters. The molecule has 0 aromatic heterocycles. The summed E-state index contributed by atoms with van der Waals surface area (Å²) < 4.78 is 0. The van der Waals surface area contributed by atoms with E-state index in [1.807, 2.05) is 11.8 Å². The van der Waals surface area contributed by atoms with Crippen LogP contribution in [0, 0.1) is 0 Å². The molecule has 3 heteroatoms. The molecule has 0 aromatic carbocycles. The zero-order chi connectivity index (χ0) is 5.28. The molecule has 1 nitrogen and oxygen atoms in total. The molecule has 0 aliphatic carbocycles. The molecule has 1 aliphatic heterocycles. The van der Waals surface area contributed by atoms with Gasteiger partial charge in [0.1, 0.15) is 0 Å². The first-order chi connectivity index (χ1) is 3.29. The summed E-state index contributed by atoms with van der Waals surface area (Å²) in [6.45, 7) is 4.26. The van der Waals surface area contributed by atoms with Crippen LogP contribution in [-0.4, -0.2) is 5.37 Å². The van der Waals surface area contributed by atoms with E-state index in [1.165, 1.54) is 4.91 Å². The van der Waals surface area contributed by atoms with Gasteiger partial charge in [-0.05, 0) is 18.8 Å². The summed E-state index contributed by atoms with van der Waals surface area (Å²) in [5.74, 6) is 0. The van der Waals surface area contributed by atoms with E-state index in [0.717, 1.165) is 0 Å². The van der Waals surface area contributed by atoms with Crippen molar-refractivity contribution in [2.45, 2.75) is 19.2 Å². The van der Waals surface area contributed by atoms with Crippen molar-refractivity contribution in [1.82, 2.24) is 5.32 Å². The molecule has 8 heavy (non-hydrogen) atoms. The second-order valence-electron chi connectivity index (χ2n) is 1.68. The van der Waals surface area contributed by atoms with Gasteiger partial charge in [0.15, 0.2) is 0 Å². The van der Waals surface area contributed by atoms with Gasteiger partial charge >= 0.3 is 0 Å². The van der Waals surface area contributed by atoms with E-state index in [0.29, 0.717) is 5.37 Å². The fourth-order valence-corrected chi connectivity index (χ4v) is 1.41. The van der Waals surface area contributed by atoms with Crippen LogP contribution in [0.1, 0.15) is 13.8 Å². The Hall–Kier alpha value is 0.620. The Bertz CT molecular complexity index is 103. The zero-order valence-electron chi connectivity index (χ0n) is 4.97. The van der Waals surface area contributed by atoms with Crippen LogP contribution in [0.15, 0.2) is 11.1 Å². The lowest BCUT2D eigenvalue weighted by Crippen LogP contribution is -2.09. The smallest absolute Gasteiger partial charge is 0.0733 e. The maximum atomic E-state index is 3.17. The SMILES string of the molecule is CC1=CNC(C)S1.I. The molecule has 1 rings (SSSR count). The van der Waals surface area contributed by atoms with Crippen molar-refractivity contribution in [3.63, 3.8) is 0 Å². The molecule has 1 heterocycles. The predicted octanol–water partition coefficient (Wildman–Crippen LogP) is 2.15. The standard InChI is InChI=1S/C5H9NS.HI/c1-4-3-6-5(2)7-4;/h3,5-6H,1-2H3;1H. The summed E-state index contributed by atoms with van der Waals surface area (Å²) in [6, 6.07) is 0. The zero-order valence-corrected chi connectivity index (χ0v) is 8.12. The molecule has 0 spiro atoms. The monoisotopic (exact) mass is 243 g/mol. The van der Waals surface area contributed by atoms with Crippen molar-refractivity contribution >= 4 is 35.7 Å². The molecular weight excluding hydrogens is 233 g/mol. The summed E-state index contributed by atoms with van der Waals surface area (Å²) >= 11 is 1.87. The summed E-state index contributed by atoms with van der Waals surface area (Å²) in [5.41, 5.74) is 0. The Balaban J connectivity index is 0.000000490. The minimum absolute atomic E-state index is 0. The third kappa shape index (κ3) is 2.26. The summed E-state index contributed by atoms with van der Waals surface area (Å²) in [5, 5.41) is 3.77. The molecule has 1 atom stereocenters. The molecule has 0 radical (unpaired) electrons. The number of rotatable bonds is 0. The lowest BCUT2D eigenvalue weighted by molar-refractivity contribution is 0.873. The molecule has 1 N–H and O–H groups in total. The van der Waals surface area contributed by atoms with E-state index in [-0.39, 0.29) is 24.0 Å². The average Bonchev–Trinajstić information content (AvgIpc) is 1.87. The Morgan fingerprint density at radius 1 is 1.75 bits per heavy atom. The van der Waals surface area contributed by atoms with Gasteiger partial charge in [-0.1, -0.05) is 0 Å². The van der Waals surface area contributed by atoms with Gasteiger partial charge in [0.05, 0.1) is 5.37 Å². The van der Waals surface area contributed by atoms with E-state index in [4.69, 9.17) is 0 Å². The summed E-state index contributed by atoms with van der Waals surface area (Å²) in [6.07, 6.45) is 2.05. The van der Waals surface area contributed by atoms with Gasteiger partial charge in [-0.3, -0.25) is 0 Å². The number of hydrogen-bond donors (Lipinski definition) is 1. The van der Waals surface area contributed by atoms with Crippen molar-refractivity contribution in [2.24, 2.45) is 0 Å². The molecule has 0 aromatic rings. The third-order valence-corrected chi connectivity index (χ3v) is 1.86. The van der Waals surface area contributed by atoms with Gasteiger partial charge in [-0.2, -0.15) is 0 Å². The molecule has 0 amide bonds. The Kier molecular flexibility index (Phi) is 3.89. The van der Waals surface area contributed by atoms with Crippen molar-refractivity contribution in [2.75, 3.05) is 0 Å². The normalized spacial score (nSPS) is 25.8. The van der Waals surface area contributed by atoms with Crippen molar-refractivity contribution < 1.29 is 0 Å². The van der Waals surface area contributed by atoms with E-state index < -0.39 is 0 Å². The van der Waals surface area contributed by atoms with E-state index in [2.05, 4.69) is 25.4 Å². The maximum Gasteiger partial charge on any atom is 0.0733 e. The number of allylic oxidation sites excluding steroid dienone is 1. The van der Waals surface area contributed by atoms with Crippen LogP contribution < -0.4 is 5.32 Å². The van der Waals surface area contributed by atoms with Crippen LogP contribution in [0.5, 0.6) is 0 Å². The van der Waals surface area contributed by atoms with Gasteiger partial charge in [0.2, 0.25) is 0 Å². The Morgan fingerprint density at radius 2 is 2.38 bits per heavy atom. The minimum atomic E-state index is 0. The lowest BCUT2D eigenvalue weighted by Gasteiger charge is -1.97. The van der Waals surface area contributed by atoms with Crippen molar-refractivity contribution in [1.29, 1.82) is 0 Å². The summed E-state index contributed by atoms with van der Waals surface area (Å²) in [4.78, 5) is 1.38. The highest BCUT2D eigenvalue weighted by molar-refractivity contribution is 14.0.